The Bertz CT molecular complexity index is 754. The van der Waals surface area contributed by atoms with Gasteiger partial charge in [-0.15, -0.1) is 0 Å². The molecular formula is C22H26Br2N2O2S2. The first-order valence-corrected chi connectivity index (χ1v) is 13.7. The molecule has 0 bridgehead atoms. The number of amides is 2. The molecule has 0 saturated carbocycles. The van der Waals surface area contributed by atoms with E-state index in [-0.39, 0.29) is 11.8 Å². The first kappa shape index (κ1) is 25.3. The number of hydrogen-bond acceptors (Lipinski definition) is 4. The first-order valence-electron chi connectivity index (χ1n) is 9.80. The summed E-state index contributed by atoms with van der Waals surface area (Å²) in [6.45, 7) is 0. The molecule has 162 valence electrons. The lowest BCUT2D eigenvalue weighted by Crippen LogP contribution is -2.14. The summed E-state index contributed by atoms with van der Waals surface area (Å²) in [5.74, 6) is 3.00. The summed E-state index contributed by atoms with van der Waals surface area (Å²) < 4.78 is 1.79. The second-order valence-electron chi connectivity index (χ2n) is 6.58. The fourth-order valence-electron chi connectivity index (χ4n) is 2.59. The zero-order chi connectivity index (χ0) is 21.6. The lowest BCUT2D eigenvalue weighted by molar-refractivity contribution is -0.114. The van der Waals surface area contributed by atoms with Crippen LogP contribution in [0.2, 0.25) is 0 Å². The van der Waals surface area contributed by atoms with Crippen LogP contribution in [0.25, 0.3) is 0 Å². The van der Waals surface area contributed by atoms with Gasteiger partial charge in [0.1, 0.15) is 0 Å². The second kappa shape index (κ2) is 14.9. The van der Waals surface area contributed by atoms with Crippen LogP contribution in [0.5, 0.6) is 0 Å². The minimum absolute atomic E-state index is 0.0316. The quantitative estimate of drug-likeness (QED) is 0.258. The Balaban J connectivity index is 1.42. The number of rotatable bonds is 13. The highest BCUT2D eigenvalue weighted by Gasteiger charge is 2.06. The number of thioether (sulfide) groups is 2. The molecule has 0 aliphatic rings. The van der Waals surface area contributed by atoms with E-state index in [2.05, 4.69) is 42.5 Å². The molecule has 0 saturated heterocycles. The molecule has 0 unspecified atom stereocenters. The van der Waals surface area contributed by atoms with E-state index < -0.39 is 0 Å². The third-order valence-electron chi connectivity index (χ3n) is 4.09. The normalized spacial score (nSPS) is 10.6. The molecule has 2 aromatic carbocycles. The van der Waals surface area contributed by atoms with Crippen LogP contribution in [0.15, 0.2) is 57.5 Å². The number of hydrogen-bond donors (Lipinski definition) is 2. The lowest BCUT2D eigenvalue weighted by Gasteiger charge is -2.07. The van der Waals surface area contributed by atoms with Gasteiger partial charge >= 0.3 is 0 Å². The predicted molar refractivity (Wildman–Crippen MR) is 139 cm³/mol. The molecule has 2 N–H and O–H groups in total. The minimum Gasteiger partial charge on any atom is -0.324 e. The smallest absolute Gasteiger partial charge is 0.234 e. The molecule has 0 fully saturated rings. The number of anilines is 2. The maximum atomic E-state index is 12.0. The summed E-state index contributed by atoms with van der Waals surface area (Å²) in [7, 11) is 0. The van der Waals surface area contributed by atoms with Crippen LogP contribution in [-0.4, -0.2) is 34.8 Å². The van der Waals surface area contributed by atoms with Crippen LogP contribution in [0.1, 0.15) is 25.7 Å². The molecule has 0 atom stereocenters. The molecule has 2 rings (SSSR count). The Labute approximate surface area is 204 Å². The third kappa shape index (κ3) is 10.4. The van der Waals surface area contributed by atoms with E-state index in [4.69, 9.17) is 0 Å². The molecule has 0 aliphatic carbocycles. The number of carbonyl (C=O) groups is 2. The van der Waals surface area contributed by atoms with E-state index in [1.54, 1.807) is 23.5 Å². The van der Waals surface area contributed by atoms with E-state index in [1.165, 1.54) is 0 Å². The van der Waals surface area contributed by atoms with Gasteiger partial charge < -0.3 is 10.6 Å². The van der Waals surface area contributed by atoms with Crippen LogP contribution in [0.3, 0.4) is 0 Å². The summed E-state index contributed by atoms with van der Waals surface area (Å²) in [6, 6.07) is 15.2. The molecule has 0 heterocycles. The van der Waals surface area contributed by atoms with Crippen molar-refractivity contribution >= 4 is 78.6 Å². The van der Waals surface area contributed by atoms with Gasteiger partial charge in [-0.3, -0.25) is 9.59 Å². The van der Waals surface area contributed by atoms with Gasteiger partial charge in [-0.1, -0.05) is 37.1 Å². The third-order valence-corrected chi connectivity index (χ3v) is 7.56. The van der Waals surface area contributed by atoms with E-state index in [1.807, 2.05) is 48.5 Å². The van der Waals surface area contributed by atoms with Gasteiger partial charge in [0, 0.05) is 8.95 Å². The molecular weight excluding hydrogens is 548 g/mol. The van der Waals surface area contributed by atoms with Gasteiger partial charge in [0.05, 0.1) is 22.9 Å². The fourth-order valence-corrected chi connectivity index (χ4v) is 4.98. The highest BCUT2D eigenvalue weighted by molar-refractivity contribution is 9.11. The van der Waals surface area contributed by atoms with Gasteiger partial charge in [-0.2, -0.15) is 23.5 Å². The number of para-hydroxylation sites is 2. The van der Waals surface area contributed by atoms with Crippen LogP contribution >= 0.6 is 55.4 Å². The minimum atomic E-state index is 0.0316. The molecule has 4 nitrogen and oxygen atoms in total. The maximum absolute atomic E-state index is 12.0. The molecule has 30 heavy (non-hydrogen) atoms. The Hall–Kier alpha value is -0.960. The second-order valence-corrected chi connectivity index (χ2v) is 10.5. The number of benzene rings is 2. The zero-order valence-electron chi connectivity index (χ0n) is 16.7. The van der Waals surface area contributed by atoms with Gasteiger partial charge in [-0.05, 0) is 80.5 Å². The SMILES string of the molecule is O=C(CSCCCCCCSCC(=O)Nc1ccccc1Br)Nc1ccccc1Br. The van der Waals surface area contributed by atoms with Crippen molar-refractivity contribution in [1.29, 1.82) is 0 Å². The summed E-state index contributed by atoms with van der Waals surface area (Å²) >= 11 is 10.2. The number of halogens is 2. The van der Waals surface area contributed by atoms with Crippen molar-refractivity contribution in [2.75, 3.05) is 33.6 Å². The number of unbranched alkanes of at least 4 members (excludes halogenated alkanes) is 3. The molecule has 0 aliphatic heterocycles. The molecule has 2 aromatic rings. The van der Waals surface area contributed by atoms with Gasteiger partial charge in [0.25, 0.3) is 0 Å². The van der Waals surface area contributed by atoms with Crippen molar-refractivity contribution < 1.29 is 9.59 Å². The van der Waals surface area contributed by atoms with Gasteiger partial charge in [0.15, 0.2) is 0 Å². The van der Waals surface area contributed by atoms with Crippen LogP contribution in [0.4, 0.5) is 11.4 Å². The maximum Gasteiger partial charge on any atom is 0.234 e. The summed E-state index contributed by atoms with van der Waals surface area (Å²) in [5.41, 5.74) is 1.62. The van der Waals surface area contributed by atoms with Crippen LogP contribution in [0, 0.1) is 0 Å². The predicted octanol–water partition coefficient (Wildman–Crippen LogP) is 6.82. The Kier molecular flexibility index (Phi) is 12.6. The van der Waals surface area contributed by atoms with Gasteiger partial charge in [-0.25, -0.2) is 0 Å². The first-order chi connectivity index (χ1) is 14.6. The topological polar surface area (TPSA) is 58.2 Å². The van der Waals surface area contributed by atoms with Crippen molar-refractivity contribution in [1.82, 2.24) is 0 Å². The van der Waals surface area contributed by atoms with E-state index in [9.17, 15) is 9.59 Å². The number of nitrogens with one attached hydrogen (secondary N) is 2. The van der Waals surface area contributed by atoms with Crippen LogP contribution < -0.4 is 10.6 Å². The Morgan fingerprint density at radius 2 is 1.07 bits per heavy atom. The van der Waals surface area contributed by atoms with Gasteiger partial charge in [0.2, 0.25) is 11.8 Å². The molecule has 0 aromatic heterocycles. The van der Waals surface area contributed by atoms with E-state index in [0.29, 0.717) is 11.5 Å². The molecule has 0 radical (unpaired) electrons. The lowest BCUT2D eigenvalue weighted by atomic mass is 10.2. The van der Waals surface area contributed by atoms with E-state index >= 15 is 0 Å². The zero-order valence-corrected chi connectivity index (χ0v) is 21.5. The summed E-state index contributed by atoms with van der Waals surface area (Å²) in [5, 5.41) is 5.84. The molecule has 2 amide bonds. The monoisotopic (exact) mass is 572 g/mol. The average Bonchev–Trinajstić information content (AvgIpc) is 2.73. The Morgan fingerprint density at radius 3 is 1.47 bits per heavy atom. The van der Waals surface area contributed by atoms with Crippen molar-refractivity contribution in [2.24, 2.45) is 0 Å². The fraction of sp³-hybridized carbons (Fsp3) is 0.364. The standard InChI is InChI=1S/C22H26Br2N2O2S2/c23-17-9-3-5-11-19(17)25-21(27)15-29-13-7-1-2-8-14-30-16-22(28)26-20-12-6-4-10-18(20)24/h3-6,9-12H,1-2,7-8,13-16H2,(H,25,27)(H,26,28). The van der Waals surface area contributed by atoms with Crippen molar-refractivity contribution in [2.45, 2.75) is 25.7 Å². The Morgan fingerprint density at radius 1 is 0.667 bits per heavy atom. The highest BCUT2D eigenvalue weighted by atomic mass is 79.9. The van der Waals surface area contributed by atoms with Crippen molar-refractivity contribution in [3.63, 3.8) is 0 Å². The summed E-state index contributed by atoms with van der Waals surface area (Å²) in [4.78, 5) is 23.9. The van der Waals surface area contributed by atoms with Crippen LogP contribution in [-0.2, 0) is 9.59 Å². The molecule has 0 spiro atoms. The average molecular weight is 574 g/mol. The van der Waals surface area contributed by atoms with Crippen molar-refractivity contribution in [3.8, 4) is 0 Å². The summed E-state index contributed by atoms with van der Waals surface area (Å²) in [6.07, 6.45) is 4.53. The largest absolute Gasteiger partial charge is 0.324 e. The number of carbonyl (C=O) groups excluding carboxylic acids is 2. The highest BCUT2D eigenvalue weighted by Crippen LogP contribution is 2.22. The molecule has 8 heteroatoms. The van der Waals surface area contributed by atoms with E-state index in [0.717, 1.165) is 57.5 Å². The van der Waals surface area contributed by atoms with Crippen molar-refractivity contribution in [3.05, 3.63) is 57.5 Å².